The Morgan fingerprint density at radius 1 is 1.40 bits per heavy atom. The standard InChI is InChI=1S/C12H24N2O/c1-3-11(12(13)15)14-9(2)10-7-5-4-6-8-10/h9-11,14H,3-8H2,1-2H3,(H2,13,15)/t9-,11?/m1/s1. The van der Waals surface area contributed by atoms with Gasteiger partial charge in [-0.15, -0.1) is 0 Å². The van der Waals surface area contributed by atoms with Gasteiger partial charge in [-0.05, 0) is 32.1 Å². The number of carbonyl (C=O) groups excluding carboxylic acids is 1. The summed E-state index contributed by atoms with van der Waals surface area (Å²) in [5, 5.41) is 3.36. The van der Waals surface area contributed by atoms with Gasteiger partial charge in [0.2, 0.25) is 5.91 Å². The van der Waals surface area contributed by atoms with Crippen LogP contribution >= 0.6 is 0 Å². The lowest BCUT2D eigenvalue weighted by atomic mass is 9.84. The fourth-order valence-electron chi connectivity index (χ4n) is 2.49. The van der Waals surface area contributed by atoms with Crippen molar-refractivity contribution >= 4 is 5.91 Å². The Kier molecular flexibility index (Phi) is 5.09. The summed E-state index contributed by atoms with van der Waals surface area (Å²) in [4.78, 5) is 11.1. The molecule has 1 fully saturated rings. The minimum Gasteiger partial charge on any atom is -0.368 e. The largest absolute Gasteiger partial charge is 0.368 e. The second-order valence-electron chi connectivity index (χ2n) is 4.72. The molecule has 1 amide bonds. The zero-order valence-corrected chi connectivity index (χ0v) is 9.96. The third-order valence-corrected chi connectivity index (χ3v) is 3.57. The molecule has 3 nitrogen and oxygen atoms in total. The zero-order chi connectivity index (χ0) is 11.3. The molecule has 15 heavy (non-hydrogen) atoms. The highest BCUT2D eigenvalue weighted by Crippen LogP contribution is 2.26. The van der Waals surface area contributed by atoms with E-state index in [0.717, 1.165) is 12.3 Å². The van der Waals surface area contributed by atoms with E-state index in [1.807, 2.05) is 6.92 Å². The first-order chi connectivity index (χ1) is 7.15. The molecule has 0 spiro atoms. The van der Waals surface area contributed by atoms with Crippen LogP contribution in [0.4, 0.5) is 0 Å². The van der Waals surface area contributed by atoms with E-state index in [1.54, 1.807) is 0 Å². The topological polar surface area (TPSA) is 55.1 Å². The molecule has 1 aliphatic carbocycles. The molecule has 0 aliphatic heterocycles. The first kappa shape index (κ1) is 12.5. The Morgan fingerprint density at radius 3 is 2.47 bits per heavy atom. The Bertz CT molecular complexity index is 200. The molecule has 0 saturated heterocycles. The van der Waals surface area contributed by atoms with Crippen LogP contribution in [0.5, 0.6) is 0 Å². The zero-order valence-electron chi connectivity index (χ0n) is 9.96. The van der Waals surface area contributed by atoms with Crippen molar-refractivity contribution in [3.8, 4) is 0 Å². The second-order valence-corrected chi connectivity index (χ2v) is 4.72. The van der Waals surface area contributed by atoms with Crippen LogP contribution in [-0.4, -0.2) is 18.0 Å². The molecule has 0 aromatic rings. The van der Waals surface area contributed by atoms with E-state index in [9.17, 15) is 4.79 Å². The summed E-state index contributed by atoms with van der Waals surface area (Å²) in [6, 6.07) is 0.268. The highest BCUT2D eigenvalue weighted by Gasteiger charge is 2.23. The minimum atomic E-state index is -0.222. The summed E-state index contributed by atoms with van der Waals surface area (Å²) in [5.41, 5.74) is 5.32. The average Bonchev–Trinajstić information content (AvgIpc) is 2.26. The Balaban J connectivity index is 2.38. The van der Waals surface area contributed by atoms with Gasteiger partial charge in [0.15, 0.2) is 0 Å². The van der Waals surface area contributed by atoms with E-state index in [-0.39, 0.29) is 11.9 Å². The van der Waals surface area contributed by atoms with Crippen LogP contribution < -0.4 is 11.1 Å². The van der Waals surface area contributed by atoms with Crippen molar-refractivity contribution in [2.75, 3.05) is 0 Å². The maximum atomic E-state index is 11.1. The lowest BCUT2D eigenvalue weighted by Crippen LogP contribution is -2.47. The van der Waals surface area contributed by atoms with Crippen LogP contribution in [0.25, 0.3) is 0 Å². The van der Waals surface area contributed by atoms with Crippen LogP contribution in [0, 0.1) is 5.92 Å². The number of carbonyl (C=O) groups is 1. The molecule has 1 aliphatic rings. The molecule has 0 aromatic heterocycles. The van der Waals surface area contributed by atoms with E-state index in [4.69, 9.17) is 5.73 Å². The summed E-state index contributed by atoms with van der Waals surface area (Å²) < 4.78 is 0. The third kappa shape index (κ3) is 3.82. The van der Waals surface area contributed by atoms with Gasteiger partial charge < -0.3 is 11.1 Å². The van der Waals surface area contributed by atoms with Crippen LogP contribution in [0.15, 0.2) is 0 Å². The predicted octanol–water partition coefficient (Wildman–Crippen LogP) is 1.81. The SMILES string of the molecule is CCC(N[C@H](C)C1CCCCC1)C(N)=O. The number of hydrogen-bond donors (Lipinski definition) is 2. The van der Waals surface area contributed by atoms with E-state index < -0.39 is 0 Å². The second kappa shape index (κ2) is 6.11. The quantitative estimate of drug-likeness (QED) is 0.730. The highest BCUT2D eigenvalue weighted by molar-refractivity contribution is 5.79. The summed E-state index contributed by atoms with van der Waals surface area (Å²) in [6.07, 6.45) is 7.42. The molecule has 2 atom stereocenters. The summed E-state index contributed by atoms with van der Waals surface area (Å²) >= 11 is 0. The van der Waals surface area contributed by atoms with E-state index in [1.165, 1.54) is 32.1 Å². The molecule has 3 heteroatoms. The van der Waals surface area contributed by atoms with Crippen molar-refractivity contribution in [1.82, 2.24) is 5.32 Å². The van der Waals surface area contributed by atoms with Crippen LogP contribution in [0.2, 0.25) is 0 Å². The number of rotatable bonds is 5. The summed E-state index contributed by atoms with van der Waals surface area (Å²) in [5.74, 6) is 0.507. The molecule has 0 aromatic carbocycles. The number of nitrogens with one attached hydrogen (secondary N) is 1. The minimum absolute atomic E-state index is 0.151. The summed E-state index contributed by atoms with van der Waals surface area (Å²) in [6.45, 7) is 4.18. The number of hydrogen-bond acceptors (Lipinski definition) is 2. The fraction of sp³-hybridized carbons (Fsp3) is 0.917. The van der Waals surface area contributed by atoms with Crippen LogP contribution in [-0.2, 0) is 4.79 Å². The van der Waals surface area contributed by atoms with Gasteiger partial charge in [0, 0.05) is 6.04 Å². The molecule has 0 heterocycles. The third-order valence-electron chi connectivity index (χ3n) is 3.57. The van der Waals surface area contributed by atoms with Crippen molar-refractivity contribution in [1.29, 1.82) is 0 Å². The van der Waals surface area contributed by atoms with E-state index in [0.29, 0.717) is 6.04 Å². The molecule has 1 saturated carbocycles. The maximum Gasteiger partial charge on any atom is 0.234 e. The van der Waals surface area contributed by atoms with Crippen molar-refractivity contribution in [2.45, 2.75) is 64.5 Å². The Morgan fingerprint density at radius 2 is 2.00 bits per heavy atom. The van der Waals surface area contributed by atoms with Gasteiger partial charge in [-0.1, -0.05) is 26.2 Å². The number of primary amides is 1. The lowest BCUT2D eigenvalue weighted by Gasteiger charge is -2.30. The number of nitrogens with two attached hydrogens (primary N) is 1. The monoisotopic (exact) mass is 212 g/mol. The van der Waals surface area contributed by atoms with Gasteiger partial charge in [-0.25, -0.2) is 0 Å². The molecular weight excluding hydrogens is 188 g/mol. The molecule has 1 rings (SSSR count). The Hall–Kier alpha value is -0.570. The van der Waals surface area contributed by atoms with E-state index >= 15 is 0 Å². The van der Waals surface area contributed by atoms with Gasteiger partial charge in [-0.2, -0.15) is 0 Å². The predicted molar refractivity (Wildman–Crippen MR) is 62.4 cm³/mol. The van der Waals surface area contributed by atoms with Gasteiger partial charge in [0.1, 0.15) is 0 Å². The van der Waals surface area contributed by atoms with Crippen molar-refractivity contribution in [3.63, 3.8) is 0 Å². The molecule has 1 unspecified atom stereocenters. The van der Waals surface area contributed by atoms with Crippen molar-refractivity contribution < 1.29 is 4.79 Å². The van der Waals surface area contributed by atoms with E-state index in [2.05, 4.69) is 12.2 Å². The molecule has 0 radical (unpaired) electrons. The normalized spacial score (nSPS) is 22.3. The highest BCUT2D eigenvalue weighted by atomic mass is 16.1. The first-order valence-electron chi connectivity index (χ1n) is 6.20. The molecule has 3 N–H and O–H groups in total. The van der Waals surface area contributed by atoms with Gasteiger partial charge in [0.25, 0.3) is 0 Å². The smallest absolute Gasteiger partial charge is 0.234 e. The fourth-order valence-corrected chi connectivity index (χ4v) is 2.49. The van der Waals surface area contributed by atoms with Gasteiger partial charge in [0.05, 0.1) is 6.04 Å². The molecule has 88 valence electrons. The average molecular weight is 212 g/mol. The molecule has 0 bridgehead atoms. The van der Waals surface area contributed by atoms with Gasteiger partial charge in [-0.3, -0.25) is 4.79 Å². The number of amides is 1. The van der Waals surface area contributed by atoms with Crippen LogP contribution in [0.1, 0.15) is 52.4 Å². The maximum absolute atomic E-state index is 11.1. The Labute approximate surface area is 92.8 Å². The summed E-state index contributed by atoms with van der Waals surface area (Å²) in [7, 11) is 0. The van der Waals surface area contributed by atoms with Crippen molar-refractivity contribution in [3.05, 3.63) is 0 Å². The first-order valence-corrected chi connectivity index (χ1v) is 6.20. The molecular formula is C12H24N2O. The van der Waals surface area contributed by atoms with Gasteiger partial charge >= 0.3 is 0 Å². The van der Waals surface area contributed by atoms with Crippen molar-refractivity contribution in [2.24, 2.45) is 11.7 Å². The lowest BCUT2D eigenvalue weighted by molar-refractivity contribution is -0.120. The van der Waals surface area contributed by atoms with Crippen LogP contribution in [0.3, 0.4) is 0 Å².